The van der Waals surface area contributed by atoms with Crippen LogP contribution in [0.3, 0.4) is 0 Å². The first-order valence-corrected chi connectivity index (χ1v) is 14.5. The molecule has 2 aromatic rings. The number of amides is 1. The molecule has 3 aliphatic rings. The summed E-state index contributed by atoms with van der Waals surface area (Å²) in [4.78, 5) is 30.6. The van der Waals surface area contributed by atoms with Crippen LogP contribution in [0.5, 0.6) is 0 Å². The average molecular weight is 540 g/mol. The third kappa shape index (κ3) is 6.12. The van der Waals surface area contributed by atoms with E-state index in [1.54, 1.807) is 0 Å². The Labute approximate surface area is 230 Å². The molecule has 0 atom stereocenters. The van der Waals surface area contributed by atoms with E-state index in [4.69, 9.17) is 28.2 Å². The highest BCUT2D eigenvalue weighted by molar-refractivity contribution is 6.34. The third-order valence-electron chi connectivity index (χ3n) is 8.55. The van der Waals surface area contributed by atoms with E-state index in [-0.39, 0.29) is 17.1 Å². The molecule has 0 unspecified atom stereocenters. The fourth-order valence-corrected chi connectivity index (χ4v) is 6.68. The van der Waals surface area contributed by atoms with E-state index >= 15 is 0 Å². The molecule has 1 amide bonds. The molecule has 0 aromatic heterocycles. The first kappa shape index (κ1) is 26.4. The maximum absolute atomic E-state index is 12.9. The summed E-state index contributed by atoms with van der Waals surface area (Å²) in [7, 11) is 0. The van der Waals surface area contributed by atoms with Gasteiger partial charge in [0.2, 0.25) is 5.91 Å². The number of halogens is 2. The second kappa shape index (κ2) is 11.3. The van der Waals surface area contributed by atoms with Gasteiger partial charge in [-0.05, 0) is 53.6 Å². The molecule has 2 aliphatic carbocycles. The lowest BCUT2D eigenvalue weighted by molar-refractivity contribution is -0.132. The summed E-state index contributed by atoms with van der Waals surface area (Å²) in [6.07, 6.45) is 12.0. The predicted molar refractivity (Wildman–Crippen MR) is 151 cm³/mol. The summed E-state index contributed by atoms with van der Waals surface area (Å²) in [5, 5.41) is 4.34. The number of aliphatic imine (C=N–C) groups is 1. The standard InChI is InChI=1S/C31H36Cl2N2O2/c1-31(11-5-2-6-12-31)30(37)34-19-21-9-10-26(32)22(13-21)15-24-16-23-17-25(27(33)18-28(23)35-24)29(36)14-20-7-3-4-8-20/h9-10,13,17-18,20H,2-8,11-12,14-16,19H2,1H3,(H,34,37). The van der Waals surface area contributed by atoms with Crippen LogP contribution in [0.15, 0.2) is 35.3 Å². The molecule has 1 heterocycles. The molecule has 6 heteroatoms. The Morgan fingerprint density at radius 3 is 2.51 bits per heavy atom. The SMILES string of the molecule is CC1(C(=O)NCc2ccc(Cl)c(CC3=Nc4cc(Cl)c(C(=O)CC5CCCC5)cc4C3)c2)CCCCC1. The van der Waals surface area contributed by atoms with Gasteiger partial charge in [0.1, 0.15) is 0 Å². The van der Waals surface area contributed by atoms with Crippen LogP contribution in [0, 0.1) is 11.3 Å². The Hall–Kier alpha value is -2.17. The number of nitrogens with one attached hydrogen (secondary N) is 1. The minimum Gasteiger partial charge on any atom is -0.352 e. The summed E-state index contributed by atoms with van der Waals surface area (Å²) < 4.78 is 0. The van der Waals surface area contributed by atoms with Crippen molar-refractivity contribution in [2.75, 3.05) is 0 Å². The average Bonchev–Trinajstić information content (AvgIpc) is 3.53. The van der Waals surface area contributed by atoms with Gasteiger partial charge in [-0.1, -0.05) is 87.2 Å². The number of Topliss-reactive ketones (excluding diaryl/α,β-unsaturated/α-hetero) is 1. The zero-order valence-electron chi connectivity index (χ0n) is 21.7. The fourth-order valence-electron chi connectivity index (χ4n) is 6.23. The maximum Gasteiger partial charge on any atom is 0.226 e. The van der Waals surface area contributed by atoms with Crippen molar-refractivity contribution in [1.82, 2.24) is 5.32 Å². The molecule has 37 heavy (non-hydrogen) atoms. The van der Waals surface area contributed by atoms with Crippen LogP contribution in [0.1, 0.15) is 98.2 Å². The monoisotopic (exact) mass is 538 g/mol. The van der Waals surface area contributed by atoms with Crippen molar-refractivity contribution >= 4 is 46.3 Å². The Kier molecular flexibility index (Phi) is 8.07. The number of hydrogen-bond donors (Lipinski definition) is 1. The Bertz CT molecular complexity index is 1220. The van der Waals surface area contributed by atoms with Gasteiger partial charge in [-0.25, -0.2) is 0 Å². The molecule has 1 N–H and O–H groups in total. The van der Waals surface area contributed by atoms with E-state index in [0.717, 1.165) is 66.6 Å². The van der Waals surface area contributed by atoms with E-state index < -0.39 is 0 Å². The molecule has 0 radical (unpaired) electrons. The van der Waals surface area contributed by atoms with Crippen molar-refractivity contribution in [3.63, 3.8) is 0 Å². The van der Waals surface area contributed by atoms with Gasteiger partial charge in [0.05, 0.1) is 10.7 Å². The van der Waals surface area contributed by atoms with Crippen molar-refractivity contribution in [2.24, 2.45) is 16.3 Å². The van der Waals surface area contributed by atoms with E-state index in [0.29, 0.717) is 47.3 Å². The first-order chi connectivity index (χ1) is 17.8. The molecule has 0 bridgehead atoms. The highest BCUT2D eigenvalue weighted by Crippen LogP contribution is 2.37. The topological polar surface area (TPSA) is 58.5 Å². The van der Waals surface area contributed by atoms with Crippen molar-refractivity contribution in [3.05, 3.63) is 62.6 Å². The number of hydrogen-bond acceptors (Lipinski definition) is 3. The molecule has 196 valence electrons. The highest BCUT2D eigenvalue weighted by Gasteiger charge is 2.34. The van der Waals surface area contributed by atoms with Crippen molar-refractivity contribution in [2.45, 2.75) is 90.5 Å². The lowest BCUT2D eigenvalue weighted by Crippen LogP contribution is -2.39. The first-order valence-electron chi connectivity index (χ1n) is 13.8. The van der Waals surface area contributed by atoms with Crippen LogP contribution in [-0.2, 0) is 24.2 Å². The largest absolute Gasteiger partial charge is 0.352 e. The number of nitrogens with zero attached hydrogens (tertiary/aromatic N) is 1. The number of fused-ring (bicyclic) bond motifs is 1. The Morgan fingerprint density at radius 2 is 1.76 bits per heavy atom. The zero-order valence-corrected chi connectivity index (χ0v) is 23.2. The summed E-state index contributed by atoms with van der Waals surface area (Å²) in [6.45, 7) is 2.58. The maximum atomic E-state index is 12.9. The van der Waals surface area contributed by atoms with Gasteiger partial charge in [-0.15, -0.1) is 0 Å². The number of carbonyl (C=O) groups is 2. The summed E-state index contributed by atoms with van der Waals surface area (Å²) >= 11 is 13.1. The second-order valence-electron chi connectivity index (χ2n) is 11.5. The molecule has 5 rings (SSSR count). The quantitative estimate of drug-likeness (QED) is 0.344. The van der Waals surface area contributed by atoms with Crippen LogP contribution in [0.4, 0.5) is 5.69 Å². The van der Waals surface area contributed by atoms with Gasteiger partial charge >= 0.3 is 0 Å². The second-order valence-corrected chi connectivity index (χ2v) is 12.3. The molecule has 1 aliphatic heterocycles. The minimum absolute atomic E-state index is 0.146. The fraction of sp³-hybridized carbons (Fsp3) is 0.516. The van der Waals surface area contributed by atoms with Crippen molar-refractivity contribution < 1.29 is 9.59 Å². The van der Waals surface area contributed by atoms with Gasteiger partial charge in [-0.3, -0.25) is 14.6 Å². The lowest BCUT2D eigenvalue weighted by atomic mass is 9.75. The molecule has 2 aromatic carbocycles. The third-order valence-corrected chi connectivity index (χ3v) is 9.24. The molecular formula is C31H36Cl2N2O2. The molecule has 0 spiro atoms. The van der Waals surface area contributed by atoms with Crippen LogP contribution >= 0.6 is 23.2 Å². The summed E-state index contributed by atoms with van der Waals surface area (Å²) in [6, 6.07) is 9.74. The van der Waals surface area contributed by atoms with Crippen LogP contribution in [0.25, 0.3) is 0 Å². The van der Waals surface area contributed by atoms with E-state index in [2.05, 4.69) is 18.3 Å². The van der Waals surface area contributed by atoms with E-state index in [9.17, 15) is 9.59 Å². The van der Waals surface area contributed by atoms with Crippen molar-refractivity contribution in [3.8, 4) is 0 Å². The predicted octanol–water partition coefficient (Wildman–Crippen LogP) is 8.21. The normalized spacial score (nSPS) is 18.9. The number of benzene rings is 2. The molecular weight excluding hydrogens is 503 g/mol. The number of rotatable bonds is 8. The van der Waals surface area contributed by atoms with Gasteiger partial charge in [-0.2, -0.15) is 0 Å². The molecule has 4 nitrogen and oxygen atoms in total. The van der Waals surface area contributed by atoms with Crippen LogP contribution < -0.4 is 5.32 Å². The lowest BCUT2D eigenvalue weighted by Gasteiger charge is -2.32. The smallest absolute Gasteiger partial charge is 0.226 e. The number of carbonyl (C=O) groups excluding carboxylic acids is 2. The summed E-state index contributed by atoms with van der Waals surface area (Å²) in [5.74, 6) is 0.788. The van der Waals surface area contributed by atoms with Gasteiger partial charge in [0.25, 0.3) is 0 Å². The molecule has 0 saturated heterocycles. The Balaban J connectivity index is 1.23. The van der Waals surface area contributed by atoms with E-state index in [1.807, 2.05) is 24.3 Å². The van der Waals surface area contributed by atoms with Gasteiger partial charge in [0.15, 0.2) is 5.78 Å². The van der Waals surface area contributed by atoms with E-state index in [1.165, 1.54) is 19.3 Å². The molecule has 2 saturated carbocycles. The van der Waals surface area contributed by atoms with Gasteiger partial charge in [0, 0.05) is 47.5 Å². The minimum atomic E-state index is -0.253. The molecule has 2 fully saturated rings. The number of ketones is 1. The van der Waals surface area contributed by atoms with Crippen LogP contribution in [-0.4, -0.2) is 17.4 Å². The zero-order chi connectivity index (χ0) is 26.0. The highest BCUT2D eigenvalue weighted by atomic mass is 35.5. The van der Waals surface area contributed by atoms with Crippen molar-refractivity contribution in [1.29, 1.82) is 0 Å². The summed E-state index contributed by atoms with van der Waals surface area (Å²) in [5.41, 5.74) is 5.30. The van der Waals surface area contributed by atoms with Gasteiger partial charge < -0.3 is 5.32 Å². The van der Waals surface area contributed by atoms with Crippen LogP contribution in [0.2, 0.25) is 10.0 Å². The Morgan fingerprint density at radius 1 is 1.00 bits per heavy atom.